The molecule has 2 aromatic rings. The highest BCUT2D eigenvalue weighted by Gasteiger charge is 2.27. The SMILES string of the molecule is Cc1[nH]c2ccc(F)cc2c1C(=O)NCCCC1CCS(=O)(=O)C1. The monoisotopic (exact) mass is 352 g/mol. The third-order valence-electron chi connectivity index (χ3n) is 4.58. The smallest absolute Gasteiger partial charge is 0.253 e. The Labute approximate surface area is 140 Å². The lowest BCUT2D eigenvalue weighted by Gasteiger charge is -2.09. The van der Waals surface area contributed by atoms with E-state index in [9.17, 15) is 17.6 Å². The molecule has 2 heterocycles. The number of sulfone groups is 1. The van der Waals surface area contributed by atoms with E-state index >= 15 is 0 Å². The summed E-state index contributed by atoms with van der Waals surface area (Å²) >= 11 is 0. The number of halogens is 1. The van der Waals surface area contributed by atoms with Gasteiger partial charge in [-0.15, -0.1) is 0 Å². The van der Waals surface area contributed by atoms with Crippen molar-refractivity contribution in [3.05, 3.63) is 35.3 Å². The van der Waals surface area contributed by atoms with Gasteiger partial charge in [0, 0.05) is 23.1 Å². The van der Waals surface area contributed by atoms with Crippen LogP contribution in [-0.2, 0) is 9.84 Å². The van der Waals surface area contributed by atoms with Crippen LogP contribution < -0.4 is 5.32 Å². The Morgan fingerprint density at radius 1 is 1.42 bits per heavy atom. The van der Waals surface area contributed by atoms with Crippen molar-refractivity contribution in [3.63, 3.8) is 0 Å². The van der Waals surface area contributed by atoms with Crippen LogP contribution in [0.25, 0.3) is 10.9 Å². The first-order chi connectivity index (χ1) is 11.4. The predicted molar refractivity (Wildman–Crippen MR) is 91.3 cm³/mol. The van der Waals surface area contributed by atoms with Gasteiger partial charge in [-0.25, -0.2) is 12.8 Å². The van der Waals surface area contributed by atoms with Crippen LogP contribution >= 0.6 is 0 Å². The summed E-state index contributed by atoms with van der Waals surface area (Å²) < 4.78 is 36.3. The molecule has 0 saturated carbocycles. The summed E-state index contributed by atoms with van der Waals surface area (Å²) in [6.07, 6.45) is 2.25. The molecule has 3 rings (SSSR count). The van der Waals surface area contributed by atoms with Crippen molar-refractivity contribution >= 4 is 26.6 Å². The minimum atomic E-state index is -2.85. The van der Waals surface area contributed by atoms with Gasteiger partial charge in [-0.2, -0.15) is 0 Å². The van der Waals surface area contributed by atoms with Crippen molar-refractivity contribution in [3.8, 4) is 0 Å². The number of aryl methyl sites for hydroxylation is 1. The summed E-state index contributed by atoms with van der Waals surface area (Å²) in [5.74, 6) is 0.142. The third-order valence-corrected chi connectivity index (χ3v) is 6.41. The van der Waals surface area contributed by atoms with Gasteiger partial charge in [-0.05, 0) is 50.3 Å². The maximum Gasteiger partial charge on any atom is 0.253 e. The Morgan fingerprint density at radius 2 is 2.21 bits per heavy atom. The fraction of sp³-hybridized carbons (Fsp3) is 0.471. The zero-order valence-corrected chi connectivity index (χ0v) is 14.4. The van der Waals surface area contributed by atoms with Gasteiger partial charge in [-0.3, -0.25) is 4.79 Å². The number of benzene rings is 1. The largest absolute Gasteiger partial charge is 0.358 e. The Bertz CT molecular complexity index is 873. The van der Waals surface area contributed by atoms with Crippen LogP contribution in [0.4, 0.5) is 4.39 Å². The average Bonchev–Trinajstić information content (AvgIpc) is 3.01. The third kappa shape index (κ3) is 3.61. The van der Waals surface area contributed by atoms with E-state index in [-0.39, 0.29) is 29.1 Å². The summed E-state index contributed by atoms with van der Waals surface area (Å²) in [5, 5.41) is 3.43. The minimum absolute atomic E-state index is 0.204. The molecule has 1 aliphatic heterocycles. The van der Waals surface area contributed by atoms with Gasteiger partial charge in [0.25, 0.3) is 5.91 Å². The first-order valence-electron chi connectivity index (χ1n) is 8.12. The second kappa shape index (κ2) is 6.55. The molecule has 1 fully saturated rings. The highest BCUT2D eigenvalue weighted by molar-refractivity contribution is 7.91. The molecule has 1 amide bonds. The molecule has 0 radical (unpaired) electrons. The van der Waals surface area contributed by atoms with Crippen LogP contribution in [0.3, 0.4) is 0 Å². The van der Waals surface area contributed by atoms with E-state index in [0.717, 1.165) is 24.8 Å². The molecule has 7 heteroatoms. The number of hydrogen-bond acceptors (Lipinski definition) is 3. The van der Waals surface area contributed by atoms with Crippen molar-refractivity contribution < 1.29 is 17.6 Å². The van der Waals surface area contributed by atoms with E-state index in [1.807, 2.05) is 0 Å². The zero-order valence-electron chi connectivity index (χ0n) is 13.6. The molecule has 2 N–H and O–H groups in total. The average molecular weight is 352 g/mol. The van der Waals surface area contributed by atoms with Gasteiger partial charge in [-0.1, -0.05) is 0 Å². The number of fused-ring (bicyclic) bond motifs is 1. The summed E-state index contributed by atoms with van der Waals surface area (Å²) in [4.78, 5) is 15.5. The maximum atomic E-state index is 13.4. The second-order valence-corrected chi connectivity index (χ2v) is 8.71. The lowest BCUT2D eigenvalue weighted by molar-refractivity contribution is 0.0953. The Balaban J connectivity index is 1.58. The molecular weight excluding hydrogens is 331 g/mol. The van der Waals surface area contributed by atoms with Crippen molar-refractivity contribution in [1.29, 1.82) is 0 Å². The van der Waals surface area contributed by atoms with Crippen LogP contribution in [-0.4, -0.2) is 37.4 Å². The van der Waals surface area contributed by atoms with E-state index in [2.05, 4.69) is 10.3 Å². The quantitative estimate of drug-likeness (QED) is 0.812. The molecule has 1 aliphatic rings. The lowest BCUT2D eigenvalue weighted by atomic mass is 10.0. The Morgan fingerprint density at radius 3 is 2.92 bits per heavy atom. The number of carbonyl (C=O) groups excluding carboxylic acids is 1. The zero-order chi connectivity index (χ0) is 17.3. The van der Waals surface area contributed by atoms with Crippen molar-refractivity contribution in [2.75, 3.05) is 18.1 Å². The van der Waals surface area contributed by atoms with Crippen LogP contribution in [0.1, 0.15) is 35.3 Å². The van der Waals surface area contributed by atoms with E-state index < -0.39 is 9.84 Å². The Kier molecular flexibility index (Phi) is 4.62. The molecule has 130 valence electrons. The summed E-state index contributed by atoms with van der Waals surface area (Å²) in [6, 6.07) is 4.34. The molecule has 1 aromatic carbocycles. The molecule has 1 saturated heterocycles. The van der Waals surface area contributed by atoms with Crippen molar-refractivity contribution in [1.82, 2.24) is 10.3 Å². The van der Waals surface area contributed by atoms with E-state index in [0.29, 0.717) is 23.2 Å². The topological polar surface area (TPSA) is 79.0 Å². The normalized spacial score (nSPS) is 19.7. The van der Waals surface area contributed by atoms with E-state index in [1.165, 1.54) is 12.1 Å². The molecule has 0 bridgehead atoms. The van der Waals surface area contributed by atoms with Gasteiger partial charge < -0.3 is 10.3 Å². The van der Waals surface area contributed by atoms with Gasteiger partial charge in [0.05, 0.1) is 17.1 Å². The molecule has 1 aromatic heterocycles. The summed E-state index contributed by atoms with van der Waals surface area (Å²) in [7, 11) is -2.85. The van der Waals surface area contributed by atoms with Gasteiger partial charge in [0.15, 0.2) is 9.84 Å². The van der Waals surface area contributed by atoms with Crippen LogP contribution in [0.15, 0.2) is 18.2 Å². The van der Waals surface area contributed by atoms with Crippen LogP contribution in [0, 0.1) is 18.7 Å². The van der Waals surface area contributed by atoms with Crippen LogP contribution in [0.5, 0.6) is 0 Å². The number of amides is 1. The van der Waals surface area contributed by atoms with E-state index in [4.69, 9.17) is 0 Å². The second-order valence-electron chi connectivity index (χ2n) is 6.48. The van der Waals surface area contributed by atoms with Crippen LogP contribution in [0.2, 0.25) is 0 Å². The molecule has 1 unspecified atom stereocenters. The number of carbonyl (C=O) groups is 1. The molecule has 0 aliphatic carbocycles. The molecule has 1 atom stereocenters. The van der Waals surface area contributed by atoms with Crippen molar-refractivity contribution in [2.24, 2.45) is 5.92 Å². The Hall–Kier alpha value is -1.89. The van der Waals surface area contributed by atoms with Crippen molar-refractivity contribution in [2.45, 2.75) is 26.2 Å². The lowest BCUT2D eigenvalue weighted by Crippen LogP contribution is -2.25. The number of H-pyrrole nitrogens is 1. The molecule has 24 heavy (non-hydrogen) atoms. The van der Waals surface area contributed by atoms with Gasteiger partial charge >= 0.3 is 0 Å². The van der Waals surface area contributed by atoms with E-state index in [1.54, 1.807) is 13.0 Å². The number of aromatic amines is 1. The first kappa shape index (κ1) is 17.0. The number of rotatable bonds is 5. The fourth-order valence-electron chi connectivity index (χ4n) is 3.37. The highest BCUT2D eigenvalue weighted by Crippen LogP contribution is 2.24. The standard InChI is InChI=1S/C17H21FN2O3S/c1-11-16(14-9-13(18)4-5-15(14)20-11)17(21)19-7-2-3-12-6-8-24(22,23)10-12/h4-5,9,12,20H,2-3,6-8,10H2,1H3,(H,19,21). The summed E-state index contributed by atoms with van der Waals surface area (Å²) in [5.41, 5.74) is 1.90. The predicted octanol–water partition coefficient (Wildman–Crippen LogP) is 2.56. The first-order valence-corrected chi connectivity index (χ1v) is 9.94. The molecular formula is C17H21FN2O3S. The molecule has 5 nitrogen and oxygen atoms in total. The van der Waals surface area contributed by atoms with Gasteiger partial charge in [0.1, 0.15) is 5.82 Å². The minimum Gasteiger partial charge on any atom is -0.358 e. The summed E-state index contributed by atoms with van der Waals surface area (Å²) in [6.45, 7) is 2.27. The highest BCUT2D eigenvalue weighted by atomic mass is 32.2. The fourth-order valence-corrected chi connectivity index (χ4v) is 5.28. The molecule has 0 spiro atoms. The van der Waals surface area contributed by atoms with Gasteiger partial charge in [0.2, 0.25) is 0 Å². The number of hydrogen-bond donors (Lipinski definition) is 2. The maximum absolute atomic E-state index is 13.4. The number of aromatic nitrogens is 1. The number of nitrogens with one attached hydrogen (secondary N) is 2.